The van der Waals surface area contributed by atoms with E-state index in [-0.39, 0.29) is 5.69 Å². The molecule has 3 aromatic rings. The van der Waals surface area contributed by atoms with Gasteiger partial charge < -0.3 is 5.11 Å². The molecule has 3 heterocycles. The van der Waals surface area contributed by atoms with Crippen molar-refractivity contribution in [1.82, 2.24) is 9.55 Å². The van der Waals surface area contributed by atoms with Crippen LogP contribution in [0.1, 0.15) is 28.2 Å². The molecule has 0 radical (unpaired) electrons. The number of aryl methyl sites for hydroxylation is 1. The minimum atomic E-state index is -1.14. The standard InChI is InChI=1S/C16H12N4O3S/c1-9-8-17-15-16(21)18-14(13-3-2-6-24-13)11-7-10(20(22)23)4-5-12(11)19(9)15/h2-8,16,21H,1H3. The first-order chi connectivity index (χ1) is 11.6. The average Bonchev–Trinajstić information content (AvgIpc) is 3.19. The maximum absolute atomic E-state index is 11.2. The summed E-state index contributed by atoms with van der Waals surface area (Å²) in [7, 11) is 0. The summed E-state index contributed by atoms with van der Waals surface area (Å²) in [5.74, 6) is 0.397. The van der Waals surface area contributed by atoms with Gasteiger partial charge >= 0.3 is 0 Å². The number of rotatable bonds is 2. The van der Waals surface area contributed by atoms with Crippen LogP contribution < -0.4 is 0 Å². The highest BCUT2D eigenvalue weighted by Gasteiger charge is 2.27. The van der Waals surface area contributed by atoms with E-state index in [0.717, 1.165) is 10.6 Å². The predicted molar refractivity (Wildman–Crippen MR) is 89.9 cm³/mol. The van der Waals surface area contributed by atoms with E-state index in [4.69, 9.17) is 0 Å². The molecule has 1 atom stereocenters. The number of imidazole rings is 1. The first-order valence-electron chi connectivity index (χ1n) is 7.19. The Labute approximate surface area is 140 Å². The summed E-state index contributed by atoms with van der Waals surface area (Å²) in [5.41, 5.74) is 2.65. The van der Waals surface area contributed by atoms with Gasteiger partial charge in [-0.05, 0) is 24.4 Å². The van der Waals surface area contributed by atoms with Crippen LogP contribution in [-0.4, -0.2) is 25.3 Å². The van der Waals surface area contributed by atoms with Crippen LogP contribution in [0, 0.1) is 17.0 Å². The van der Waals surface area contributed by atoms with Crippen LogP contribution in [0.2, 0.25) is 0 Å². The number of aromatic nitrogens is 2. The van der Waals surface area contributed by atoms with Gasteiger partial charge in [-0.1, -0.05) is 6.07 Å². The number of aliphatic hydroxyl groups excluding tert-OH is 1. The third kappa shape index (κ3) is 2.15. The second kappa shape index (κ2) is 5.36. The molecule has 1 aromatic carbocycles. The number of aliphatic hydroxyl groups is 1. The van der Waals surface area contributed by atoms with Crippen molar-refractivity contribution >= 4 is 22.7 Å². The second-order valence-electron chi connectivity index (χ2n) is 5.38. The zero-order chi connectivity index (χ0) is 16.8. The molecule has 2 aromatic heterocycles. The number of nitro groups is 1. The third-order valence-corrected chi connectivity index (χ3v) is 4.77. The first-order valence-corrected chi connectivity index (χ1v) is 8.07. The molecule has 0 saturated heterocycles. The lowest BCUT2D eigenvalue weighted by molar-refractivity contribution is -0.384. The van der Waals surface area contributed by atoms with Gasteiger partial charge in [0, 0.05) is 29.6 Å². The van der Waals surface area contributed by atoms with Crippen molar-refractivity contribution in [3.05, 3.63) is 74.0 Å². The molecular weight excluding hydrogens is 328 g/mol. The van der Waals surface area contributed by atoms with Gasteiger partial charge in [-0.3, -0.25) is 14.7 Å². The lowest BCUT2D eigenvalue weighted by Gasteiger charge is -2.12. The number of nitro benzene ring substituents is 1. The zero-order valence-electron chi connectivity index (χ0n) is 12.6. The molecular formula is C16H12N4O3S. The number of nitrogens with zero attached hydrogens (tertiary/aromatic N) is 4. The Kier molecular flexibility index (Phi) is 3.29. The minimum Gasteiger partial charge on any atom is -0.365 e. The first kappa shape index (κ1) is 14.7. The zero-order valence-corrected chi connectivity index (χ0v) is 13.4. The van der Waals surface area contributed by atoms with Crippen molar-refractivity contribution in [2.24, 2.45) is 4.99 Å². The van der Waals surface area contributed by atoms with E-state index in [1.165, 1.54) is 23.5 Å². The van der Waals surface area contributed by atoms with Crippen molar-refractivity contribution in [2.45, 2.75) is 13.2 Å². The molecule has 4 rings (SSSR count). The summed E-state index contributed by atoms with van der Waals surface area (Å²) in [4.78, 5) is 20.2. The topological polar surface area (TPSA) is 93.5 Å². The Morgan fingerprint density at radius 3 is 2.92 bits per heavy atom. The molecule has 24 heavy (non-hydrogen) atoms. The predicted octanol–water partition coefficient (Wildman–Crippen LogP) is 2.99. The molecule has 1 aliphatic rings. The fourth-order valence-electron chi connectivity index (χ4n) is 2.83. The lowest BCUT2D eigenvalue weighted by Crippen LogP contribution is -2.08. The van der Waals surface area contributed by atoms with Gasteiger partial charge in [0.15, 0.2) is 5.82 Å². The minimum absolute atomic E-state index is 0.0197. The SMILES string of the molecule is Cc1cnc2n1-c1ccc([N+](=O)[O-])cc1C(c1cccs1)=NC2O. The molecule has 120 valence electrons. The second-order valence-corrected chi connectivity index (χ2v) is 6.33. The maximum atomic E-state index is 11.2. The monoisotopic (exact) mass is 340 g/mol. The quantitative estimate of drug-likeness (QED) is 0.573. The van der Waals surface area contributed by atoms with Gasteiger partial charge in [0.1, 0.15) is 0 Å². The summed E-state index contributed by atoms with van der Waals surface area (Å²) in [6.45, 7) is 1.87. The normalized spacial score (nSPS) is 16.1. The lowest BCUT2D eigenvalue weighted by atomic mass is 10.0. The van der Waals surface area contributed by atoms with Crippen LogP contribution in [0.4, 0.5) is 5.69 Å². The van der Waals surface area contributed by atoms with Crippen LogP contribution in [-0.2, 0) is 0 Å². The summed E-state index contributed by atoms with van der Waals surface area (Å²) in [5, 5.41) is 23.6. The maximum Gasteiger partial charge on any atom is 0.270 e. The highest BCUT2D eigenvalue weighted by atomic mass is 32.1. The van der Waals surface area contributed by atoms with E-state index in [1.54, 1.807) is 16.8 Å². The molecule has 0 aliphatic carbocycles. The van der Waals surface area contributed by atoms with Gasteiger partial charge in [0.2, 0.25) is 6.23 Å². The highest BCUT2D eigenvalue weighted by Crippen LogP contribution is 2.33. The van der Waals surface area contributed by atoms with E-state index in [9.17, 15) is 15.2 Å². The molecule has 0 amide bonds. The molecule has 0 saturated carbocycles. The molecule has 8 heteroatoms. The molecule has 7 nitrogen and oxygen atoms in total. The molecule has 1 aliphatic heterocycles. The number of hydrogen-bond acceptors (Lipinski definition) is 6. The summed E-state index contributed by atoms with van der Waals surface area (Å²) >= 11 is 1.46. The van der Waals surface area contributed by atoms with E-state index in [0.29, 0.717) is 22.8 Å². The molecule has 0 bridgehead atoms. The molecule has 1 N–H and O–H groups in total. The van der Waals surface area contributed by atoms with Crippen LogP contribution in [0.25, 0.3) is 5.69 Å². The number of fused-ring (bicyclic) bond motifs is 3. The fraction of sp³-hybridized carbons (Fsp3) is 0.125. The Balaban J connectivity index is 2.06. The van der Waals surface area contributed by atoms with Crippen LogP contribution >= 0.6 is 11.3 Å². The van der Waals surface area contributed by atoms with Crippen LogP contribution in [0.15, 0.2) is 46.9 Å². The number of non-ortho nitro benzene ring substituents is 1. The van der Waals surface area contributed by atoms with Crippen molar-refractivity contribution < 1.29 is 10.0 Å². The van der Waals surface area contributed by atoms with E-state index in [1.807, 2.05) is 24.4 Å². The van der Waals surface area contributed by atoms with Gasteiger partial charge in [-0.15, -0.1) is 11.3 Å². The van der Waals surface area contributed by atoms with Gasteiger partial charge in [-0.2, -0.15) is 0 Å². The van der Waals surface area contributed by atoms with Crippen molar-refractivity contribution in [3.8, 4) is 5.69 Å². The largest absolute Gasteiger partial charge is 0.365 e. The number of hydrogen-bond donors (Lipinski definition) is 1. The Hall–Kier alpha value is -2.84. The fourth-order valence-corrected chi connectivity index (χ4v) is 3.57. The average molecular weight is 340 g/mol. The summed E-state index contributed by atoms with van der Waals surface area (Å²) in [6.07, 6.45) is 0.511. The number of aliphatic imine (C=N–C) groups is 1. The Morgan fingerprint density at radius 2 is 2.21 bits per heavy atom. The molecule has 0 fully saturated rings. The van der Waals surface area contributed by atoms with Crippen molar-refractivity contribution in [3.63, 3.8) is 0 Å². The van der Waals surface area contributed by atoms with E-state index < -0.39 is 11.2 Å². The van der Waals surface area contributed by atoms with Gasteiger partial charge in [-0.25, -0.2) is 9.98 Å². The van der Waals surface area contributed by atoms with Gasteiger partial charge in [0.05, 0.1) is 21.2 Å². The molecule has 1 unspecified atom stereocenters. The summed E-state index contributed by atoms with van der Waals surface area (Å²) in [6, 6.07) is 8.37. The smallest absolute Gasteiger partial charge is 0.270 e. The van der Waals surface area contributed by atoms with Crippen LogP contribution in [0.3, 0.4) is 0 Å². The van der Waals surface area contributed by atoms with E-state index >= 15 is 0 Å². The van der Waals surface area contributed by atoms with Gasteiger partial charge in [0.25, 0.3) is 5.69 Å². The molecule has 0 spiro atoms. The number of benzene rings is 1. The Bertz CT molecular complexity index is 975. The Morgan fingerprint density at radius 1 is 1.38 bits per heavy atom. The highest BCUT2D eigenvalue weighted by molar-refractivity contribution is 7.12. The van der Waals surface area contributed by atoms with E-state index in [2.05, 4.69) is 9.98 Å². The summed E-state index contributed by atoms with van der Waals surface area (Å²) < 4.78 is 1.79. The number of thiophene rings is 1. The third-order valence-electron chi connectivity index (χ3n) is 3.89. The van der Waals surface area contributed by atoms with Crippen molar-refractivity contribution in [2.75, 3.05) is 0 Å². The van der Waals surface area contributed by atoms with Crippen LogP contribution in [0.5, 0.6) is 0 Å². The van der Waals surface area contributed by atoms with Crippen molar-refractivity contribution in [1.29, 1.82) is 0 Å².